The van der Waals surface area contributed by atoms with E-state index in [-0.39, 0.29) is 0 Å². The topological polar surface area (TPSA) is 56.3 Å². The molecule has 1 aromatic carbocycles. The molecule has 0 saturated carbocycles. The third-order valence-corrected chi connectivity index (χ3v) is 2.41. The average Bonchev–Trinajstić information content (AvgIpc) is 2.39. The van der Waals surface area contributed by atoms with Crippen molar-refractivity contribution >= 4 is 5.82 Å². The van der Waals surface area contributed by atoms with Gasteiger partial charge < -0.3 is 14.8 Å². The minimum Gasteiger partial charge on any atom is -0.494 e. The van der Waals surface area contributed by atoms with Gasteiger partial charge in [-0.15, -0.1) is 0 Å². The van der Waals surface area contributed by atoms with E-state index in [1.54, 1.807) is 13.1 Å². The monoisotopic (exact) mass is 259 g/mol. The molecule has 5 nitrogen and oxygen atoms in total. The van der Waals surface area contributed by atoms with E-state index in [9.17, 15) is 0 Å². The second-order valence-electron chi connectivity index (χ2n) is 3.90. The number of nitrogens with one attached hydrogen (secondary N) is 1. The Hall–Kier alpha value is -2.30. The van der Waals surface area contributed by atoms with Gasteiger partial charge in [0.2, 0.25) is 5.88 Å². The van der Waals surface area contributed by atoms with Crippen molar-refractivity contribution in [3.05, 3.63) is 36.2 Å². The highest BCUT2D eigenvalue weighted by Crippen LogP contribution is 2.25. The molecule has 0 amide bonds. The predicted molar refractivity (Wildman–Crippen MR) is 74.0 cm³/mol. The molecule has 0 aliphatic carbocycles. The molecule has 5 heteroatoms. The molecule has 1 heterocycles. The van der Waals surface area contributed by atoms with Crippen LogP contribution in [0.15, 0.2) is 30.3 Å². The lowest BCUT2D eigenvalue weighted by atomic mass is 10.3. The molecular weight excluding hydrogens is 242 g/mol. The van der Waals surface area contributed by atoms with Crippen LogP contribution in [0.2, 0.25) is 0 Å². The fraction of sp³-hybridized carbons (Fsp3) is 0.286. The smallest absolute Gasteiger partial charge is 0.224 e. The van der Waals surface area contributed by atoms with Gasteiger partial charge in [0.1, 0.15) is 23.1 Å². The van der Waals surface area contributed by atoms with E-state index >= 15 is 0 Å². The standard InChI is InChI=1S/C14H17N3O2/c1-4-18-11-6-5-7-12(8-11)19-14-9-13(15-3)16-10(2)17-14/h5-9H,4H2,1-3H3,(H,15,16,17). The van der Waals surface area contributed by atoms with Crippen molar-refractivity contribution in [1.29, 1.82) is 0 Å². The van der Waals surface area contributed by atoms with E-state index in [0.717, 1.165) is 11.6 Å². The van der Waals surface area contributed by atoms with Crippen molar-refractivity contribution in [3.8, 4) is 17.4 Å². The van der Waals surface area contributed by atoms with Crippen LogP contribution in [0.1, 0.15) is 12.7 Å². The zero-order valence-electron chi connectivity index (χ0n) is 11.3. The van der Waals surface area contributed by atoms with E-state index in [1.165, 1.54) is 0 Å². The lowest BCUT2D eigenvalue weighted by molar-refractivity contribution is 0.338. The first-order valence-corrected chi connectivity index (χ1v) is 6.15. The molecule has 0 radical (unpaired) electrons. The number of rotatable bonds is 5. The molecule has 0 bridgehead atoms. The maximum atomic E-state index is 5.72. The summed E-state index contributed by atoms with van der Waals surface area (Å²) < 4.78 is 11.1. The summed E-state index contributed by atoms with van der Waals surface area (Å²) in [6.45, 7) is 4.39. The first-order valence-electron chi connectivity index (χ1n) is 6.15. The maximum absolute atomic E-state index is 5.72. The maximum Gasteiger partial charge on any atom is 0.224 e. The molecule has 2 rings (SSSR count). The highest BCUT2D eigenvalue weighted by atomic mass is 16.5. The first-order chi connectivity index (χ1) is 9.21. The van der Waals surface area contributed by atoms with Gasteiger partial charge in [-0.25, -0.2) is 4.98 Å². The zero-order chi connectivity index (χ0) is 13.7. The zero-order valence-corrected chi connectivity index (χ0v) is 11.3. The summed E-state index contributed by atoms with van der Waals surface area (Å²) in [5.74, 6) is 3.35. The Labute approximate surface area is 112 Å². The predicted octanol–water partition coefficient (Wildman–Crippen LogP) is 3.02. The fourth-order valence-electron chi connectivity index (χ4n) is 1.64. The summed E-state index contributed by atoms with van der Waals surface area (Å²) in [4.78, 5) is 8.45. The second-order valence-corrected chi connectivity index (χ2v) is 3.90. The summed E-state index contributed by atoms with van der Waals surface area (Å²) in [6, 6.07) is 9.22. The molecule has 0 fully saturated rings. The Bertz CT molecular complexity index is 558. The normalized spacial score (nSPS) is 10.1. The van der Waals surface area contributed by atoms with Crippen LogP contribution in [0, 0.1) is 6.92 Å². The molecule has 0 spiro atoms. The van der Waals surface area contributed by atoms with Crippen LogP contribution < -0.4 is 14.8 Å². The van der Waals surface area contributed by atoms with Gasteiger partial charge in [0, 0.05) is 19.2 Å². The van der Waals surface area contributed by atoms with Gasteiger partial charge in [-0.1, -0.05) is 6.07 Å². The molecule has 1 aromatic heterocycles. The number of benzene rings is 1. The molecule has 19 heavy (non-hydrogen) atoms. The minimum atomic E-state index is 0.505. The third kappa shape index (κ3) is 3.58. The number of aromatic nitrogens is 2. The van der Waals surface area contributed by atoms with Gasteiger partial charge in [0.25, 0.3) is 0 Å². The minimum absolute atomic E-state index is 0.505. The molecule has 0 aliphatic rings. The largest absolute Gasteiger partial charge is 0.494 e. The lowest BCUT2D eigenvalue weighted by Crippen LogP contribution is -1.99. The highest BCUT2D eigenvalue weighted by Gasteiger charge is 2.04. The number of aryl methyl sites for hydroxylation is 1. The van der Waals surface area contributed by atoms with E-state index < -0.39 is 0 Å². The Morgan fingerprint density at radius 2 is 1.95 bits per heavy atom. The number of hydrogen-bond donors (Lipinski definition) is 1. The van der Waals surface area contributed by atoms with E-state index in [1.807, 2.05) is 38.1 Å². The SMILES string of the molecule is CCOc1cccc(Oc2cc(NC)nc(C)n2)c1. The summed E-state index contributed by atoms with van der Waals surface area (Å²) in [5.41, 5.74) is 0. The Balaban J connectivity index is 2.20. The molecular formula is C14H17N3O2. The number of nitrogens with zero attached hydrogens (tertiary/aromatic N) is 2. The Morgan fingerprint density at radius 3 is 2.68 bits per heavy atom. The van der Waals surface area contributed by atoms with Gasteiger partial charge in [-0.05, 0) is 26.0 Å². The van der Waals surface area contributed by atoms with Gasteiger partial charge in [-0.3, -0.25) is 0 Å². The van der Waals surface area contributed by atoms with Gasteiger partial charge in [0.05, 0.1) is 6.61 Å². The number of hydrogen-bond acceptors (Lipinski definition) is 5. The van der Waals surface area contributed by atoms with Crippen LogP contribution in [0.3, 0.4) is 0 Å². The van der Waals surface area contributed by atoms with Crippen molar-refractivity contribution in [1.82, 2.24) is 9.97 Å². The highest BCUT2D eigenvalue weighted by molar-refractivity contribution is 5.40. The lowest BCUT2D eigenvalue weighted by Gasteiger charge is -2.09. The molecule has 100 valence electrons. The van der Waals surface area contributed by atoms with Crippen LogP contribution in [-0.4, -0.2) is 23.6 Å². The van der Waals surface area contributed by atoms with E-state index in [2.05, 4.69) is 15.3 Å². The summed E-state index contributed by atoms with van der Waals surface area (Å²) in [6.07, 6.45) is 0. The van der Waals surface area contributed by atoms with Crippen LogP contribution in [0.5, 0.6) is 17.4 Å². The molecule has 0 aliphatic heterocycles. The fourth-order valence-corrected chi connectivity index (χ4v) is 1.64. The average molecular weight is 259 g/mol. The Morgan fingerprint density at radius 1 is 1.16 bits per heavy atom. The molecule has 0 atom stereocenters. The molecule has 0 unspecified atom stereocenters. The summed E-state index contributed by atoms with van der Waals surface area (Å²) in [5, 5.41) is 2.97. The van der Waals surface area contributed by atoms with Crippen molar-refractivity contribution < 1.29 is 9.47 Å². The van der Waals surface area contributed by atoms with Gasteiger partial charge >= 0.3 is 0 Å². The van der Waals surface area contributed by atoms with Crippen LogP contribution in [0.4, 0.5) is 5.82 Å². The van der Waals surface area contributed by atoms with Crippen LogP contribution >= 0.6 is 0 Å². The van der Waals surface area contributed by atoms with Crippen molar-refractivity contribution in [2.24, 2.45) is 0 Å². The van der Waals surface area contributed by atoms with Crippen molar-refractivity contribution in [3.63, 3.8) is 0 Å². The van der Waals surface area contributed by atoms with Crippen LogP contribution in [0.25, 0.3) is 0 Å². The van der Waals surface area contributed by atoms with Crippen LogP contribution in [-0.2, 0) is 0 Å². The second kappa shape index (κ2) is 6.04. The van der Waals surface area contributed by atoms with E-state index in [4.69, 9.17) is 9.47 Å². The first kappa shape index (κ1) is 13.1. The number of ether oxygens (including phenoxy) is 2. The third-order valence-electron chi connectivity index (χ3n) is 2.41. The molecule has 2 aromatic rings. The van der Waals surface area contributed by atoms with Gasteiger partial charge in [-0.2, -0.15) is 4.98 Å². The summed E-state index contributed by atoms with van der Waals surface area (Å²) in [7, 11) is 1.81. The van der Waals surface area contributed by atoms with Crippen molar-refractivity contribution in [2.45, 2.75) is 13.8 Å². The Kier molecular flexibility index (Phi) is 4.18. The molecule has 0 saturated heterocycles. The van der Waals surface area contributed by atoms with Crippen molar-refractivity contribution in [2.75, 3.05) is 19.0 Å². The summed E-state index contributed by atoms with van der Waals surface area (Å²) >= 11 is 0. The molecule has 1 N–H and O–H groups in total. The van der Waals surface area contributed by atoms with Gasteiger partial charge in [0.15, 0.2) is 0 Å². The number of anilines is 1. The van der Waals surface area contributed by atoms with E-state index in [0.29, 0.717) is 24.1 Å². The quantitative estimate of drug-likeness (QED) is 0.894.